The van der Waals surface area contributed by atoms with Crippen LogP contribution < -0.4 is 5.73 Å². The van der Waals surface area contributed by atoms with Crippen LogP contribution in [0.15, 0.2) is 0 Å². The summed E-state index contributed by atoms with van der Waals surface area (Å²) in [5.74, 6) is 0. The van der Waals surface area contributed by atoms with Crippen molar-refractivity contribution >= 4 is 9.52 Å². The van der Waals surface area contributed by atoms with E-state index in [1.807, 2.05) is 20.8 Å². The standard InChI is InChI=1S/C10H23NO3Si/c1-4-12-10(13-5-2,14-6-3)15-9-7-8-11/h4-9,11H2,1-3H3. The fraction of sp³-hybridized carbons (Fsp3) is 1.00. The second-order valence-electron chi connectivity index (χ2n) is 2.92. The van der Waals surface area contributed by atoms with E-state index < -0.39 is 5.60 Å². The number of nitrogens with two attached hydrogens (primary N) is 1. The smallest absolute Gasteiger partial charge is 0.251 e. The molecule has 0 aromatic carbocycles. The third-order valence-corrected chi connectivity index (χ3v) is 3.20. The Balaban J connectivity index is 4.18. The zero-order chi connectivity index (χ0) is 11.6. The highest BCUT2D eigenvalue weighted by atomic mass is 28.2. The zero-order valence-electron chi connectivity index (χ0n) is 10.0. The van der Waals surface area contributed by atoms with E-state index in [1.165, 1.54) is 0 Å². The van der Waals surface area contributed by atoms with Gasteiger partial charge < -0.3 is 19.9 Å². The summed E-state index contributed by atoms with van der Waals surface area (Å²) in [5, 5.41) is 0. The van der Waals surface area contributed by atoms with Gasteiger partial charge in [-0.3, -0.25) is 0 Å². The summed E-state index contributed by atoms with van der Waals surface area (Å²) in [6.07, 6.45) is 0.980. The van der Waals surface area contributed by atoms with Crippen LogP contribution in [0.4, 0.5) is 0 Å². The number of hydrogen-bond donors (Lipinski definition) is 1. The lowest BCUT2D eigenvalue weighted by atomic mass is 10.5. The number of rotatable bonds is 10. The van der Waals surface area contributed by atoms with Gasteiger partial charge in [0.25, 0.3) is 5.60 Å². The molecule has 2 radical (unpaired) electrons. The van der Waals surface area contributed by atoms with E-state index in [1.54, 1.807) is 0 Å². The summed E-state index contributed by atoms with van der Waals surface area (Å²) in [4.78, 5) is 0. The van der Waals surface area contributed by atoms with Crippen LogP contribution in [0.25, 0.3) is 0 Å². The summed E-state index contributed by atoms with van der Waals surface area (Å²) in [5.41, 5.74) is 4.64. The molecule has 0 aromatic rings. The van der Waals surface area contributed by atoms with Gasteiger partial charge >= 0.3 is 0 Å². The minimum absolute atomic E-state index is 0.474. The molecule has 90 valence electrons. The Bertz CT molecular complexity index is 130. The molecule has 0 saturated heterocycles. The van der Waals surface area contributed by atoms with E-state index in [-0.39, 0.29) is 0 Å². The number of hydrogen-bond acceptors (Lipinski definition) is 4. The Labute approximate surface area is 95.3 Å². The molecule has 0 aliphatic heterocycles. The molecule has 0 fully saturated rings. The molecule has 0 unspecified atom stereocenters. The predicted octanol–water partition coefficient (Wildman–Crippen LogP) is 1.18. The molecule has 0 amide bonds. The normalized spacial score (nSPS) is 12.0. The molecule has 4 nitrogen and oxygen atoms in total. The van der Waals surface area contributed by atoms with Crippen LogP contribution in [0.5, 0.6) is 0 Å². The van der Waals surface area contributed by atoms with Crippen LogP contribution in [0.2, 0.25) is 6.04 Å². The molecule has 0 spiro atoms. The minimum atomic E-state index is -0.826. The lowest BCUT2D eigenvalue weighted by Gasteiger charge is -2.32. The molecule has 0 heterocycles. The van der Waals surface area contributed by atoms with Gasteiger partial charge in [-0.15, -0.1) is 0 Å². The van der Waals surface area contributed by atoms with E-state index in [0.717, 1.165) is 12.5 Å². The Morgan fingerprint density at radius 3 is 1.80 bits per heavy atom. The van der Waals surface area contributed by atoms with Gasteiger partial charge in [-0.25, -0.2) is 0 Å². The largest absolute Gasteiger partial charge is 0.332 e. The average Bonchev–Trinajstić information content (AvgIpc) is 2.19. The average molecular weight is 233 g/mol. The van der Waals surface area contributed by atoms with Crippen molar-refractivity contribution in [2.24, 2.45) is 5.73 Å². The quantitative estimate of drug-likeness (QED) is 0.350. The lowest BCUT2D eigenvalue weighted by Crippen LogP contribution is -2.45. The Kier molecular flexibility index (Phi) is 9.33. The molecule has 2 N–H and O–H groups in total. The van der Waals surface area contributed by atoms with Crippen molar-refractivity contribution < 1.29 is 14.2 Å². The first-order valence-electron chi connectivity index (χ1n) is 5.61. The van der Waals surface area contributed by atoms with Crippen molar-refractivity contribution in [2.75, 3.05) is 26.4 Å². The van der Waals surface area contributed by atoms with Crippen LogP contribution in [0, 0.1) is 0 Å². The second-order valence-corrected chi connectivity index (χ2v) is 4.39. The second kappa shape index (κ2) is 9.29. The van der Waals surface area contributed by atoms with Gasteiger partial charge in [0, 0.05) is 19.8 Å². The molecule has 0 aliphatic carbocycles. The molecule has 15 heavy (non-hydrogen) atoms. The van der Waals surface area contributed by atoms with Crippen molar-refractivity contribution in [1.82, 2.24) is 0 Å². The first-order chi connectivity index (χ1) is 7.24. The maximum atomic E-state index is 5.58. The Morgan fingerprint density at radius 2 is 1.47 bits per heavy atom. The fourth-order valence-corrected chi connectivity index (χ4v) is 2.62. The van der Waals surface area contributed by atoms with Crippen molar-refractivity contribution in [3.8, 4) is 0 Å². The summed E-state index contributed by atoms with van der Waals surface area (Å²) in [6.45, 7) is 8.31. The molecular formula is C10H23NO3Si. The third kappa shape index (κ3) is 6.27. The molecule has 5 heteroatoms. The third-order valence-electron chi connectivity index (χ3n) is 1.73. The molecule has 0 atom stereocenters. The lowest BCUT2D eigenvalue weighted by molar-refractivity contribution is -0.323. The summed E-state index contributed by atoms with van der Waals surface area (Å²) in [6, 6.07) is 0.983. The van der Waals surface area contributed by atoms with Crippen molar-refractivity contribution in [2.45, 2.75) is 38.8 Å². The molecule has 0 rings (SSSR count). The Morgan fingerprint density at radius 1 is 1.00 bits per heavy atom. The summed E-state index contributed by atoms with van der Waals surface area (Å²) in [7, 11) is 0.474. The van der Waals surface area contributed by atoms with E-state index >= 15 is 0 Å². The zero-order valence-corrected chi connectivity index (χ0v) is 11.0. The molecule has 0 bridgehead atoms. The molecular weight excluding hydrogens is 210 g/mol. The first-order valence-corrected chi connectivity index (χ1v) is 6.82. The van der Waals surface area contributed by atoms with Crippen LogP contribution in [-0.2, 0) is 14.2 Å². The van der Waals surface area contributed by atoms with Crippen LogP contribution >= 0.6 is 0 Å². The van der Waals surface area contributed by atoms with Crippen LogP contribution in [0.1, 0.15) is 27.2 Å². The highest BCUT2D eigenvalue weighted by molar-refractivity contribution is 6.38. The highest BCUT2D eigenvalue weighted by Crippen LogP contribution is 2.16. The van der Waals surface area contributed by atoms with Gasteiger partial charge in [0.1, 0.15) is 0 Å². The van der Waals surface area contributed by atoms with Crippen molar-refractivity contribution in [3.05, 3.63) is 0 Å². The maximum absolute atomic E-state index is 5.58. The van der Waals surface area contributed by atoms with E-state index in [2.05, 4.69) is 0 Å². The Hall–Kier alpha value is 0.0569. The highest BCUT2D eigenvalue weighted by Gasteiger charge is 2.32. The maximum Gasteiger partial charge on any atom is 0.251 e. The van der Waals surface area contributed by atoms with Gasteiger partial charge in [-0.1, -0.05) is 6.04 Å². The minimum Gasteiger partial charge on any atom is -0.332 e. The van der Waals surface area contributed by atoms with E-state index in [9.17, 15) is 0 Å². The summed E-state index contributed by atoms with van der Waals surface area (Å²) < 4.78 is 16.8. The topological polar surface area (TPSA) is 53.7 Å². The van der Waals surface area contributed by atoms with E-state index in [0.29, 0.717) is 35.9 Å². The SMILES string of the molecule is CCOC(OCC)(OCC)[Si]CCCN. The van der Waals surface area contributed by atoms with Gasteiger partial charge in [0.05, 0.1) is 0 Å². The van der Waals surface area contributed by atoms with Crippen molar-refractivity contribution in [3.63, 3.8) is 0 Å². The first kappa shape index (κ1) is 15.1. The van der Waals surface area contributed by atoms with Crippen LogP contribution in [-0.4, -0.2) is 41.5 Å². The molecule has 0 aliphatic rings. The number of ether oxygens (including phenoxy) is 3. The van der Waals surface area contributed by atoms with E-state index in [4.69, 9.17) is 19.9 Å². The van der Waals surface area contributed by atoms with Gasteiger partial charge in [-0.2, -0.15) is 0 Å². The summed E-state index contributed by atoms with van der Waals surface area (Å²) >= 11 is 0. The van der Waals surface area contributed by atoms with Crippen molar-refractivity contribution in [1.29, 1.82) is 0 Å². The van der Waals surface area contributed by atoms with Gasteiger partial charge in [0.2, 0.25) is 0 Å². The fourth-order valence-electron chi connectivity index (χ4n) is 1.19. The molecule has 0 saturated carbocycles. The van der Waals surface area contributed by atoms with Gasteiger partial charge in [-0.05, 0) is 33.7 Å². The molecule has 0 aromatic heterocycles. The predicted molar refractivity (Wildman–Crippen MR) is 61.8 cm³/mol. The van der Waals surface area contributed by atoms with Gasteiger partial charge in [0.15, 0.2) is 9.52 Å². The van der Waals surface area contributed by atoms with Crippen LogP contribution in [0.3, 0.4) is 0 Å². The monoisotopic (exact) mass is 233 g/mol.